The van der Waals surface area contributed by atoms with E-state index in [0.717, 1.165) is 18.7 Å². The van der Waals surface area contributed by atoms with Gasteiger partial charge in [-0.1, -0.05) is 0 Å². The summed E-state index contributed by atoms with van der Waals surface area (Å²) in [7, 11) is 0. The number of phenols is 1. The minimum Gasteiger partial charge on any atom is -0.508 e. The first-order valence-corrected chi connectivity index (χ1v) is 6.66. The number of nitrogens with zero attached hydrogens (tertiary/aromatic N) is 1. The van der Waals surface area contributed by atoms with Crippen molar-refractivity contribution in [2.45, 2.75) is 39.5 Å². The summed E-state index contributed by atoms with van der Waals surface area (Å²) in [6.07, 6.45) is 0.392. The number of carbonyl (C=O) groups is 1. The van der Waals surface area contributed by atoms with E-state index in [2.05, 4.69) is 18.7 Å². The third-order valence-electron chi connectivity index (χ3n) is 3.38. The zero-order valence-corrected chi connectivity index (χ0v) is 11.7. The minimum absolute atomic E-state index is 0.0185. The molecule has 1 aliphatic rings. The van der Waals surface area contributed by atoms with Crippen LogP contribution in [0, 0.1) is 0 Å². The van der Waals surface area contributed by atoms with E-state index in [9.17, 15) is 9.90 Å². The molecule has 0 radical (unpaired) electrons. The van der Waals surface area contributed by atoms with E-state index in [0.29, 0.717) is 12.1 Å². The molecule has 1 aliphatic heterocycles. The van der Waals surface area contributed by atoms with E-state index in [1.165, 1.54) is 6.92 Å². The van der Waals surface area contributed by atoms with Gasteiger partial charge in [0.25, 0.3) is 0 Å². The highest BCUT2D eigenvalue weighted by Crippen LogP contribution is 2.22. The fraction of sp³-hybridized carbons (Fsp3) is 0.533. The van der Waals surface area contributed by atoms with Crippen molar-refractivity contribution in [3.05, 3.63) is 29.3 Å². The molecule has 1 N–H and O–H groups in total. The summed E-state index contributed by atoms with van der Waals surface area (Å²) in [5.41, 5.74) is 1.44. The lowest BCUT2D eigenvalue weighted by molar-refractivity contribution is -0.0706. The van der Waals surface area contributed by atoms with Gasteiger partial charge in [-0.3, -0.25) is 9.69 Å². The number of aromatic hydroxyl groups is 1. The fourth-order valence-electron chi connectivity index (χ4n) is 2.59. The smallest absolute Gasteiger partial charge is 0.159 e. The van der Waals surface area contributed by atoms with Gasteiger partial charge in [0.2, 0.25) is 0 Å². The average Bonchev–Trinajstić information content (AvgIpc) is 2.30. The van der Waals surface area contributed by atoms with Crippen LogP contribution in [0.3, 0.4) is 0 Å². The fourth-order valence-corrected chi connectivity index (χ4v) is 2.59. The second kappa shape index (κ2) is 5.72. The molecular weight excluding hydrogens is 242 g/mol. The Morgan fingerprint density at radius 1 is 1.37 bits per heavy atom. The molecule has 104 valence electrons. The summed E-state index contributed by atoms with van der Waals surface area (Å²) in [6, 6.07) is 5.04. The number of morpholine rings is 1. The molecular formula is C15H21NO3. The topological polar surface area (TPSA) is 49.8 Å². The number of phenolic OH excluding ortho intramolecular Hbond substituents is 1. The average molecular weight is 263 g/mol. The van der Waals surface area contributed by atoms with Gasteiger partial charge in [0.05, 0.1) is 12.2 Å². The Balaban J connectivity index is 2.13. The standard InChI is InChI=1S/C15H21NO3/c1-10-7-16(8-11(2)19-10)9-14-6-13(12(3)17)4-5-15(14)18/h4-6,10-11,18H,7-9H2,1-3H3. The van der Waals surface area contributed by atoms with Gasteiger partial charge < -0.3 is 9.84 Å². The van der Waals surface area contributed by atoms with Gasteiger partial charge in [0.15, 0.2) is 5.78 Å². The molecule has 1 aromatic rings. The van der Waals surface area contributed by atoms with Crippen LogP contribution in [0.15, 0.2) is 18.2 Å². The van der Waals surface area contributed by atoms with Gasteiger partial charge in [-0.25, -0.2) is 0 Å². The quantitative estimate of drug-likeness (QED) is 0.849. The molecule has 1 heterocycles. The molecule has 0 spiro atoms. The summed E-state index contributed by atoms with van der Waals surface area (Å²) in [5, 5.41) is 9.91. The van der Waals surface area contributed by atoms with E-state index in [-0.39, 0.29) is 23.7 Å². The van der Waals surface area contributed by atoms with E-state index >= 15 is 0 Å². The van der Waals surface area contributed by atoms with Gasteiger partial charge in [-0.2, -0.15) is 0 Å². The summed E-state index contributed by atoms with van der Waals surface area (Å²) in [6.45, 7) is 7.96. The van der Waals surface area contributed by atoms with Crippen LogP contribution in [0.4, 0.5) is 0 Å². The predicted octanol–water partition coefficient (Wildman–Crippen LogP) is 2.20. The second-order valence-electron chi connectivity index (χ2n) is 5.35. The van der Waals surface area contributed by atoms with Gasteiger partial charge >= 0.3 is 0 Å². The normalized spacial score (nSPS) is 24.4. The number of ether oxygens (including phenoxy) is 1. The van der Waals surface area contributed by atoms with Gasteiger partial charge in [-0.15, -0.1) is 0 Å². The van der Waals surface area contributed by atoms with E-state index in [1.807, 2.05) is 0 Å². The number of benzene rings is 1. The molecule has 19 heavy (non-hydrogen) atoms. The SMILES string of the molecule is CC(=O)c1ccc(O)c(CN2CC(C)OC(C)C2)c1. The van der Waals surface area contributed by atoms with Crippen molar-refractivity contribution in [1.29, 1.82) is 0 Å². The van der Waals surface area contributed by atoms with Crippen molar-refractivity contribution in [1.82, 2.24) is 4.90 Å². The Labute approximate surface area is 114 Å². The van der Waals surface area contributed by atoms with Crippen LogP contribution >= 0.6 is 0 Å². The van der Waals surface area contributed by atoms with Gasteiger partial charge in [0, 0.05) is 30.8 Å². The molecule has 4 heteroatoms. The molecule has 2 unspecified atom stereocenters. The predicted molar refractivity (Wildman–Crippen MR) is 73.4 cm³/mol. The lowest BCUT2D eigenvalue weighted by Gasteiger charge is -2.35. The van der Waals surface area contributed by atoms with E-state index < -0.39 is 0 Å². The number of hydrogen-bond acceptors (Lipinski definition) is 4. The van der Waals surface area contributed by atoms with Crippen LogP contribution in [0.25, 0.3) is 0 Å². The molecule has 0 aromatic heterocycles. The summed E-state index contributed by atoms with van der Waals surface area (Å²) < 4.78 is 5.69. The molecule has 1 fully saturated rings. The molecule has 0 aliphatic carbocycles. The Morgan fingerprint density at radius 3 is 2.58 bits per heavy atom. The zero-order chi connectivity index (χ0) is 14.0. The number of Topliss-reactive ketones (excluding diaryl/α,β-unsaturated/α-hetero) is 1. The van der Waals surface area contributed by atoms with Crippen LogP contribution < -0.4 is 0 Å². The second-order valence-corrected chi connectivity index (χ2v) is 5.35. The van der Waals surface area contributed by atoms with Crippen molar-refractivity contribution >= 4 is 5.78 Å². The maximum atomic E-state index is 11.4. The first kappa shape index (κ1) is 14.0. The van der Waals surface area contributed by atoms with Crippen molar-refractivity contribution < 1.29 is 14.6 Å². The Morgan fingerprint density at radius 2 is 2.00 bits per heavy atom. The largest absolute Gasteiger partial charge is 0.508 e. The lowest BCUT2D eigenvalue weighted by Crippen LogP contribution is -2.44. The molecule has 4 nitrogen and oxygen atoms in total. The van der Waals surface area contributed by atoms with Crippen molar-refractivity contribution in [2.24, 2.45) is 0 Å². The van der Waals surface area contributed by atoms with Crippen molar-refractivity contribution in [3.8, 4) is 5.75 Å². The maximum absolute atomic E-state index is 11.4. The highest BCUT2D eigenvalue weighted by Gasteiger charge is 2.22. The Hall–Kier alpha value is -1.39. The van der Waals surface area contributed by atoms with Crippen LogP contribution in [-0.4, -0.2) is 41.1 Å². The number of hydrogen-bond donors (Lipinski definition) is 1. The van der Waals surface area contributed by atoms with Crippen molar-refractivity contribution in [2.75, 3.05) is 13.1 Å². The van der Waals surface area contributed by atoms with E-state index in [4.69, 9.17) is 4.74 Å². The number of carbonyl (C=O) groups excluding carboxylic acids is 1. The number of ketones is 1. The van der Waals surface area contributed by atoms with Crippen LogP contribution in [0.1, 0.15) is 36.7 Å². The highest BCUT2D eigenvalue weighted by molar-refractivity contribution is 5.94. The summed E-state index contributed by atoms with van der Waals surface area (Å²) in [4.78, 5) is 13.6. The van der Waals surface area contributed by atoms with Crippen LogP contribution in [-0.2, 0) is 11.3 Å². The molecule has 2 atom stereocenters. The van der Waals surface area contributed by atoms with Gasteiger partial charge in [-0.05, 0) is 39.0 Å². The van der Waals surface area contributed by atoms with Crippen LogP contribution in [0.2, 0.25) is 0 Å². The zero-order valence-electron chi connectivity index (χ0n) is 11.7. The molecule has 1 aromatic carbocycles. The molecule has 0 bridgehead atoms. The third kappa shape index (κ3) is 3.55. The molecule has 1 saturated heterocycles. The number of rotatable bonds is 3. The summed E-state index contributed by atoms with van der Waals surface area (Å²) >= 11 is 0. The lowest BCUT2D eigenvalue weighted by atomic mass is 10.1. The minimum atomic E-state index is 0.0185. The highest BCUT2D eigenvalue weighted by atomic mass is 16.5. The van der Waals surface area contributed by atoms with Gasteiger partial charge in [0.1, 0.15) is 5.75 Å². The van der Waals surface area contributed by atoms with Crippen LogP contribution in [0.5, 0.6) is 5.75 Å². The first-order chi connectivity index (χ1) is 8.95. The Bertz CT molecular complexity index is 462. The van der Waals surface area contributed by atoms with Crippen molar-refractivity contribution in [3.63, 3.8) is 0 Å². The monoisotopic (exact) mass is 263 g/mol. The van der Waals surface area contributed by atoms with E-state index in [1.54, 1.807) is 18.2 Å². The maximum Gasteiger partial charge on any atom is 0.159 e. The first-order valence-electron chi connectivity index (χ1n) is 6.66. The molecule has 0 amide bonds. The molecule has 2 rings (SSSR count). The third-order valence-corrected chi connectivity index (χ3v) is 3.38. The Kier molecular flexibility index (Phi) is 4.22. The summed E-state index contributed by atoms with van der Waals surface area (Å²) in [5.74, 6) is 0.266. The molecule has 0 saturated carbocycles.